The molecule has 0 saturated carbocycles. The second-order valence-corrected chi connectivity index (χ2v) is 6.18. The number of nitrogens with one attached hydrogen (secondary N) is 1. The Morgan fingerprint density at radius 1 is 1.00 bits per heavy atom. The van der Waals surface area contributed by atoms with Crippen molar-refractivity contribution in [2.24, 2.45) is 5.92 Å². The normalized spacial score (nSPS) is 23.2. The third-order valence-corrected chi connectivity index (χ3v) is 4.32. The van der Waals surface area contributed by atoms with Gasteiger partial charge in [0.25, 0.3) is 0 Å². The summed E-state index contributed by atoms with van der Waals surface area (Å²) in [4.78, 5) is 11.7. The van der Waals surface area contributed by atoms with Crippen LogP contribution in [-0.4, -0.2) is 12.5 Å². The minimum Gasteiger partial charge on any atom is -0.356 e. The molecule has 2 nitrogen and oxygen atoms in total. The van der Waals surface area contributed by atoms with E-state index < -0.39 is 0 Å². The zero-order valence-electron chi connectivity index (χ0n) is 12.9. The maximum atomic E-state index is 11.7. The minimum absolute atomic E-state index is 0.277. The maximum Gasteiger partial charge on any atom is 0.220 e. The predicted molar refractivity (Wildman–Crippen MR) is 82.2 cm³/mol. The molecule has 1 rings (SSSR count). The van der Waals surface area contributed by atoms with Crippen molar-refractivity contribution in [1.29, 1.82) is 0 Å². The first kappa shape index (κ1) is 16.5. The van der Waals surface area contributed by atoms with Crippen molar-refractivity contribution in [2.75, 3.05) is 6.54 Å². The van der Waals surface area contributed by atoms with Crippen LogP contribution < -0.4 is 5.32 Å². The highest BCUT2D eigenvalue weighted by Crippen LogP contribution is 2.19. The van der Waals surface area contributed by atoms with E-state index in [1.54, 1.807) is 0 Å². The first-order valence-corrected chi connectivity index (χ1v) is 8.59. The summed E-state index contributed by atoms with van der Waals surface area (Å²) in [7, 11) is 0. The Morgan fingerprint density at radius 2 is 1.74 bits per heavy atom. The van der Waals surface area contributed by atoms with Gasteiger partial charge in [-0.2, -0.15) is 0 Å². The van der Waals surface area contributed by atoms with Crippen molar-refractivity contribution in [3.8, 4) is 0 Å². The Morgan fingerprint density at radius 3 is 2.53 bits per heavy atom. The molecule has 0 bridgehead atoms. The van der Waals surface area contributed by atoms with Crippen LogP contribution in [0.2, 0.25) is 0 Å². The molecule has 0 aromatic carbocycles. The summed E-state index contributed by atoms with van der Waals surface area (Å²) in [6, 6.07) is 0. The van der Waals surface area contributed by atoms with Crippen molar-refractivity contribution in [2.45, 2.75) is 90.4 Å². The molecule has 19 heavy (non-hydrogen) atoms. The molecular weight excluding hydrogens is 234 g/mol. The second-order valence-electron chi connectivity index (χ2n) is 6.18. The summed E-state index contributed by atoms with van der Waals surface area (Å²) in [5.74, 6) is 0.999. The lowest BCUT2D eigenvalue weighted by atomic mass is 9.93. The molecule has 0 radical (unpaired) electrons. The van der Waals surface area contributed by atoms with Gasteiger partial charge in [0, 0.05) is 13.0 Å². The van der Waals surface area contributed by atoms with Crippen molar-refractivity contribution in [1.82, 2.24) is 5.32 Å². The van der Waals surface area contributed by atoms with Gasteiger partial charge in [-0.3, -0.25) is 4.79 Å². The van der Waals surface area contributed by atoms with E-state index in [0.29, 0.717) is 0 Å². The van der Waals surface area contributed by atoms with Crippen molar-refractivity contribution in [3.63, 3.8) is 0 Å². The summed E-state index contributed by atoms with van der Waals surface area (Å²) in [5.41, 5.74) is 0. The van der Waals surface area contributed by atoms with Crippen LogP contribution in [0, 0.1) is 5.92 Å². The smallest absolute Gasteiger partial charge is 0.220 e. The van der Waals surface area contributed by atoms with Gasteiger partial charge in [0.2, 0.25) is 5.91 Å². The largest absolute Gasteiger partial charge is 0.356 e. The molecule has 1 atom stereocenters. The fraction of sp³-hybridized carbons (Fsp3) is 0.941. The number of unbranched alkanes of at least 4 members (excludes halogenated alkanes) is 3. The molecular formula is C17H33NO. The van der Waals surface area contributed by atoms with Crippen molar-refractivity contribution >= 4 is 5.91 Å². The first-order valence-electron chi connectivity index (χ1n) is 8.59. The summed E-state index contributed by atoms with van der Waals surface area (Å²) in [6.45, 7) is 3.18. The highest BCUT2D eigenvalue weighted by molar-refractivity contribution is 5.75. The highest BCUT2D eigenvalue weighted by atomic mass is 16.1. The molecule has 1 aliphatic heterocycles. The van der Waals surface area contributed by atoms with E-state index in [2.05, 4.69) is 12.2 Å². The van der Waals surface area contributed by atoms with E-state index in [1.165, 1.54) is 70.6 Å². The van der Waals surface area contributed by atoms with Gasteiger partial charge in [-0.1, -0.05) is 64.7 Å². The van der Waals surface area contributed by atoms with Crippen LogP contribution >= 0.6 is 0 Å². The average molecular weight is 267 g/mol. The fourth-order valence-electron chi connectivity index (χ4n) is 2.98. The first-order chi connectivity index (χ1) is 9.33. The number of rotatable bonds is 5. The number of hydrogen-bond acceptors (Lipinski definition) is 1. The monoisotopic (exact) mass is 267 g/mol. The van der Waals surface area contributed by atoms with E-state index in [9.17, 15) is 4.79 Å². The number of amides is 1. The van der Waals surface area contributed by atoms with Crippen LogP contribution in [0.25, 0.3) is 0 Å². The molecule has 0 aliphatic carbocycles. The van der Waals surface area contributed by atoms with E-state index in [0.717, 1.165) is 25.3 Å². The molecule has 1 unspecified atom stereocenters. The van der Waals surface area contributed by atoms with Gasteiger partial charge in [-0.25, -0.2) is 0 Å². The topological polar surface area (TPSA) is 29.1 Å². The molecule has 0 aromatic rings. The lowest BCUT2D eigenvalue weighted by Crippen LogP contribution is -2.29. The molecule has 0 aromatic heterocycles. The minimum atomic E-state index is 0.277. The molecule has 0 spiro atoms. The third-order valence-electron chi connectivity index (χ3n) is 4.32. The van der Waals surface area contributed by atoms with Gasteiger partial charge in [0.1, 0.15) is 0 Å². The van der Waals surface area contributed by atoms with Gasteiger partial charge in [0.05, 0.1) is 0 Å². The van der Waals surface area contributed by atoms with Crippen LogP contribution in [0.3, 0.4) is 0 Å². The Balaban J connectivity index is 2.26. The Hall–Kier alpha value is -0.530. The van der Waals surface area contributed by atoms with Crippen LogP contribution in [-0.2, 0) is 4.79 Å². The summed E-state index contributed by atoms with van der Waals surface area (Å²) < 4.78 is 0. The van der Waals surface area contributed by atoms with Crippen LogP contribution in [0.1, 0.15) is 90.4 Å². The zero-order valence-corrected chi connectivity index (χ0v) is 12.9. The lowest BCUT2D eigenvalue weighted by Gasteiger charge is -2.18. The average Bonchev–Trinajstić information content (AvgIpc) is 2.41. The van der Waals surface area contributed by atoms with Crippen molar-refractivity contribution < 1.29 is 4.79 Å². The van der Waals surface area contributed by atoms with Gasteiger partial charge >= 0.3 is 0 Å². The standard InChI is InChI=1S/C17H33NO/c1-2-3-4-9-12-16-13-10-7-5-6-8-11-14-17(19)18-15-16/h16H,2-15H2,1H3,(H,18,19). The molecule has 1 saturated heterocycles. The highest BCUT2D eigenvalue weighted by Gasteiger charge is 2.11. The summed E-state index contributed by atoms with van der Waals surface area (Å²) in [5, 5.41) is 3.15. The van der Waals surface area contributed by atoms with E-state index in [1.807, 2.05) is 0 Å². The number of carbonyl (C=O) groups is 1. The van der Waals surface area contributed by atoms with E-state index in [-0.39, 0.29) is 5.91 Å². The molecule has 112 valence electrons. The summed E-state index contributed by atoms with van der Waals surface area (Å²) >= 11 is 0. The summed E-state index contributed by atoms with van der Waals surface area (Å²) in [6.07, 6.45) is 16.5. The maximum absolute atomic E-state index is 11.7. The quantitative estimate of drug-likeness (QED) is 0.711. The SMILES string of the molecule is CCCCCCC1CCCCCCCCC(=O)NC1. The lowest BCUT2D eigenvalue weighted by molar-refractivity contribution is -0.121. The molecule has 1 N–H and O–H groups in total. The number of carbonyl (C=O) groups excluding carboxylic acids is 1. The second kappa shape index (κ2) is 11.3. The van der Waals surface area contributed by atoms with Crippen LogP contribution in [0.5, 0.6) is 0 Å². The molecule has 1 fully saturated rings. The van der Waals surface area contributed by atoms with Crippen LogP contribution in [0.15, 0.2) is 0 Å². The Kier molecular flexibility index (Phi) is 9.84. The predicted octanol–water partition coefficient (Wildman–Crippen LogP) is 4.82. The van der Waals surface area contributed by atoms with Gasteiger partial charge in [-0.15, -0.1) is 0 Å². The van der Waals surface area contributed by atoms with Gasteiger partial charge in [-0.05, 0) is 25.2 Å². The molecule has 1 heterocycles. The Labute approximate surface area is 119 Å². The Bertz CT molecular complexity index is 225. The van der Waals surface area contributed by atoms with E-state index >= 15 is 0 Å². The van der Waals surface area contributed by atoms with E-state index in [4.69, 9.17) is 0 Å². The third kappa shape index (κ3) is 9.07. The van der Waals surface area contributed by atoms with Crippen LogP contribution in [0.4, 0.5) is 0 Å². The van der Waals surface area contributed by atoms with Gasteiger partial charge < -0.3 is 5.32 Å². The van der Waals surface area contributed by atoms with Crippen molar-refractivity contribution in [3.05, 3.63) is 0 Å². The zero-order chi connectivity index (χ0) is 13.8. The fourth-order valence-corrected chi connectivity index (χ4v) is 2.98. The molecule has 2 heteroatoms. The molecule has 1 aliphatic rings. The molecule has 1 amide bonds. The number of hydrogen-bond donors (Lipinski definition) is 1. The van der Waals surface area contributed by atoms with Gasteiger partial charge in [0.15, 0.2) is 0 Å².